The molecule has 0 aliphatic carbocycles. The maximum Gasteiger partial charge on any atom is 0.236 e. The van der Waals surface area contributed by atoms with Gasteiger partial charge in [-0.15, -0.1) is 17.0 Å². The Labute approximate surface area is 93.4 Å². The minimum atomic E-state index is -0.378. The molecule has 0 aromatic heterocycles. The number of benzene rings is 1. The molecule has 5 N–H and O–H groups in total. The molecule has 0 unspecified atom stereocenters. The minimum absolute atomic E-state index is 0. The number of nitrogen functional groups attached to an aromatic ring is 1. The van der Waals surface area contributed by atoms with Crippen molar-refractivity contribution < 1.29 is 4.79 Å². The van der Waals surface area contributed by atoms with Crippen LogP contribution in [0.25, 0.3) is 0 Å². The molecule has 0 bridgehead atoms. The second-order valence-electron chi connectivity index (χ2n) is 2.89. The van der Waals surface area contributed by atoms with Crippen molar-refractivity contribution >= 4 is 34.3 Å². The molecule has 1 rings (SSSR count). The number of rotatable bonds is 3. The Morgan fingerprint density at radius 1 is 1.50 bits per heavy atom. The van der Waals surface area contributed by atoms with Gasteiger partial charge in [0.25, 0.3) is 0 Å². The molecular weight excluding hydrogens is 246 g/mol. The number of amides is 1. The molecule has 0 fully saturated rings. The van der Waals surface area contributed by atoms with Crippen LogP contribution in [0.5, 0.6) is 0 Å². The van der Waals surface area contributed by atoms with E-state index in [0.717, 1.165) is 11.3 Å². The summed E-state index contributed by atoms with van der Waals surface area (Å²) in [6.45, 7) is 2.06. The van der Waals surface area contributed by atoms with E-state index in [1.807, 2.05) is 19.1 Å². The molecule has 14 heavy (non-hydrogen) atoms. The number of aryl methyl sites for hydroxylation is 1. The van der Waals surface area contributed by atoms with Gasteiger partial charge in [-0.2, -0.15) is 0 Å². The van der Waals surface area contributed by atoms with Gasteiger partial charge in [-0.1, -0.05) is 0 Å². The Balaban J connectivity index is 0.00000169. The summed E-state index contributed by atoms with van der Waals surface area (Å²) in [4.78, 5) is 10.5. The van der Waals surface area contributed by atoms with Gasteiger partial charge in [0.2, 0.25) is 5.91 Å². The van der Waals surface area contributed by atoms with Crippen molar-refractivity contribution in [1.82, 2.24) is 0 Å². The third kappa shape index (κ3) is 3.66. The van der Waals surface area contributed by atoms with Crippen molar-refractivity contribution in [3.63, 3.8) is 0 Å². The number of anilines is 2. The van der Waals surface area contributed by atoms with Crippen molar-refractivity contribution in [2.75, 3.05) is 17.6 Å². The number of carbonyl (C=O) groups excluding carboxylic acids is 1. The topological polar surface area (TPSA) is 81.1 Å². The summed E-state index contributed by atoms with van der Waals surface area (Å²) in [5.74, 6) is -0.378. The van der Waals surface area contributed by atoms with Crippen LogP contribution in [-0.2, 0) is 4.79 Å². The summed E-state index contributed by atoms with van der Waals surface area (Å²) in [7, 11) is 0. The molecule has 0 heterocycles. The number of nitrogens with one attached hydrogen (secondary N) is 1. The number of nitrogens with two attached hydrogens (primary N) is 2. The Morgan fingerprint density at radius 2 is 2.14 bits per heavy atom. The van der Waals surface area contributed by atoms with Gasteiger partial charge in [0.15, 0.2) is 0 Å². The summed E-state index contributed by atoms with van der Waals surface area (Å²) < 4.78 is 0. The van der Waals surface area contributed by atoms with Crippen molar-refractivity contribution in [3.05, 3.63) is 23.8 Å². The van der Waals surface area contributed by atoms with Crippen LogP contribution in [0.1, 0.15) is 5.56 Å². The van der Waals surface area contributed by atoms with Crippen molar-refractivity contribution in [2.24, 2.45) is 5.73 Å². The molecule has 0 radical (unpaired) electrons. The highest BCUT2D eigenvalue weighted by atomic mass is 79.9. The molecule has 1 aromatic rings. The second-order valence-corrected chi connectivity index (χ2v) is 2.89. The van der Waals surface area contributed by atoms with Gasteiger partial charge >= 0.3 is 0 Å². The molecule has 0 aliphatic rings. The summed E-state index contributed by atoms with van der Waals surface area (Å²) >= 11 is 0. The molecule has 0 atom stereocenters. The predicted octanol–water partition coefficient (Wildman–Crippen LogP) is 1.05. The monoisotopic (exact) mass is 259 g/mol. The summed E-state index contributed by atoms with van der Waals surface area (Å²) in [5, 5.41) is 2.91. The zero-order chi connectivity index (χ0) is 9.84. The van der Waals surface area contributed by atoms with E-state index in [0.29, 0.717) is 5.69 Å². The van der Waals surface area contributed by atoms with Crippen molar-refractivity contribution in [3.8, 4) is 0 Å². The first-order chi connectivity index (χ1) is 6.09. The first-order valence-corrected chi connectivity index (χ1v) is 3.98. The number of primary amides is 1. The third-order valence-corrected chi connectivity index (χ3v) is 1.70. The van der Waals surface area contributed by atoms with Gasteiger partial charge in [0.05, 0.1) is 6.54 Å². The molecule has 4 nitrogen and oxygen atoms in total. The second kappa shape index (κ2) is 5.49. The first kappa shape index (κ1) is 12.8. The third-order valence-electron chi connectivity index (χ3n) is 1.70. The van der Waals surface area contributed by atoms with Gasteiger partial charge in [0, 0.05) is 11.4 Å². The molecule has 1 aromatic carbocycles. The molecule has 0 spiro atoms. The highest BCUT2D eigenvalue weighted by molar-refractivity contribution is 8.93. The quantitative estimate of drug-likeness (QED) is 0.710. The summed E-state index contributed by atoms with van der Waals surface area (Å²) in [5.41, 5.74) is 13.2. The summed E-state index contributed by atoms with van der Waals surface area (Å²) in [6.07, 6.45) is 0. The van der Waals surface area contributed by atoms with Crippen LogP contribution in [0.3, 0.4) is 0 Å². The van der Waals surface area contributed by atoms with Crippen LogP contribution < -0.4 is 16.8 Å². The highest BCUT2D eigenvalue weighted by Crippen LogP contribution is 2.16. The van der Waals surface area contributed by atoms with E-state index < -0.39 is 0 Å². The average Bonchev–Trinajstić information content (AvgIpc) is 2.02. The van der Waals surface area contributed by atoms with Crippen LogP contribution in [0.2, 0.25) is 0 Å². The van der Waals surface area contributed by atoms with Gasteiger partial charge in [0.1, 0.15) is 0 Å². The van der Waals surface area contributed by atoms with Crippen LogP contribution in [0, 0.1) is 6.92 Å². The summed E-state index contributed by atoms with van der Waals surface area (Å²) in [6, 6.07) is 5.44. The maximum absolute atomic E-state index is 10.5. The maximum atomic E-state index is 10.5. The Bertz CT molecular complexity index is 328. The number of halogens is 1. The van der Waals surface area contributed by atoms with Gasteiger partial charge in [-0.25, -0.2) is 0 Å². The smallest absolute Gasteiger partial charge is 0.236 e. The number of hydrogen-bond donors (Lipinski definition) is 3. The lowest BCUT2D eigenvalue weighted by atomic mass is 10.2. The van der Waals surface area contributed by atoms with Crippen LogP contribution in [0.15, 0.2) is 18.2 Å². The minimum Gasteiger partial charge on any atom is -0.399 e. The molecule has 0 saturated carbocycles. The van der Waals surface area contributed by atoms with E-state index in [2.05, 4.69) is 5.32 Å². The number of carbonyl (C=O) groups is 1. The molecule has 5 heteroatoms. The highest BCUT2D eigenvalue weighted by Gasteiger charge is 1.98. The molecule has 1 amide bonds. The Hall–Kier alpha value is -1.23. The lowest BCUT2D eigenvalue weighted by molar-refractivity contribution is -0.116. The lowest BCUT2D eigenvalue weighted by Crippen LogP contribution is -2.22. The predicted molar refractivity (Wildman–Crippen MR) is 63.6 cm³/mol. The van der Waals surface area contributed by atoms with Crippen LogP contribution >= 0.6 is 17.0 Å². The fraction of sp³-hybridized carbons (Fsp3) is 0.222. The van der Waals surface area contributed by atoms with Gasteiger partial charge in [-0.05, 0) is 30.7 Å². The van der Waals surface area contributed by atoms with E-state index in [4.69, 9.17) is 11.5 Å². The largest absolute Gasteiger partial charge is 0.399 e. The van der Waals surface area contributed by atoms with Crippen LogP contribution in [0.4, 0.5) is 11.4 Å². The SMILES string of the molecule is Br.Cc1cc(N)ccc1NCC(N)=O. The van der Waals surface area contributed by atoms with E-state index in [1.165, 1.54) is 0 Å². The standard InChI is InChI=1S/C9H13N3O.BrH/c1-6-4-7(10)2-3-8(6)12-5-9(11)13;/h2-4,12H,5,10H2,1H3,(H2,11,13);1H. The Morgan fingerprint density at radius 3 is 2.64 bits per heavy atom. The van der Waals surface area contributed by atoms with E-state index in [9.17, 15) is 4.79 Å². The fourth-order valence-corrected chi connectivity index (χ4v) is 1.07. The fourth-order valence-electron chi connectivity index (χ4n) is 1.07. The average molecular weight is 260 g/mol. The van der Waals surface area contributed by atoms with Crippen molar-refractivity contribution in [1.29, 1.82) is 0 Å². The Kier molecular flexibility index (Phi) is 5.01. The zero-order valence-corrected chi connectivity index (χ0v) is 9.62. The molecule has 0 saturated heterocycles. The molecule has 0 aliphatic heterocycles. The first-order valence-electron chi connectivity index (χ1n) is 3.98. The lowest BCUT2D eigenvalue weighted by Gasteiger charge is -2.07. The molecular formula is C9H14BrN3O. The molecule has 78 valence electrons. The van der Waals surface area contributed by atoms with Crippen molar-refractivity contribution in [2.45, 2.75) is 6.92 Å². The van der Waals surface area contributed by atoms with E-state index in [1.54, 1.807) is 6.07 Å². The van der Waals surface area contributed by atoms with E-state index in [-0.39, 0.29) is 29.4 Å². The van der Waals surface area contributed by atoms with Gasteiger partial charge in [-0.3, -0.25) is 4.79 Å². The van der Waals surface area contributed by atoms with Gasteiger partial charge < -0.3 is 16.8 Å². The van der Waals surface area contributed by atoms with Crippen LogP contribution in [-0.4, -0.2) is 12.5 Å². The normalized spacial score (nSPS) is 8.93. The zero-order valence-electron chi connectivity index (χ0n) is 7.91. The number of hydrogen-bond acceptors (Lipinski definition) is 3. The van der Waals surface area contributed by atoms with E-state index >= 15 is 0 Å².